The van der Waals surface area contributed by atoms with Gasteiger partial charge in [-0.3, -0.25) is 10.1 Å². The fourth-order valence-electron chi connectivity index (χ4n) is 1.53. The van der Waals surface area contributed by atoms with Crippen LogP contribution >= 0.6 is 31.9 Å². The van der Waals surface area contributed by atoms with Crippen LogP contribution in [0.4, 0.5) is 17.2 Å². The van der Waals surface area contributed by atoms with Gasteiger partial charge in [-0.2, -0.15) is 0 Å². The molecule has 7 nitrogen and oxygen atoms in total. The van der Waals surface area contributed by atoms with Crippen LogP contribution in [0, 0.1) is 10.1 Å². The van der Waals surface area contributed by atoms with E-state index in [1.165, 1.54) is 0 Å². The van der Waals surface area contributed by atoms with Crippen LogP contribution in [-0.4, -0.2) is 21.0 Å². The first kappa shape index (κ1) is 15.4. The fraction of sp³-hybridized carbons (Fsp3) is 0. The van der Waals surface area contributed by atoms with E-state index in [2.05, 4.69) is 42.2 Å². The minimum absolute atomic E-state index is 0.0242. The van der Waals surface area contributed by atoms with Crippen molar-refractivity contribution >= 4 is 55.0 Å². The van der Waals surface area contributed by atoms with Crippen LogP contribution in [0.2, 0.25) is 0 Å². The Bertz CT molecular complexity index is 736. The van der Waals surface area contributed by atoms with Gasteiger partial charge in [0, 0.05) is 15.0 Å². The zero-order chi connectivity index (χ0) is 15.6. The summed E-state index contributed by atoms with van der Waals surface area (Å²) in [5.41, 5.74) is -0.0751. The number of hydrogen-bond acceptors (Lipinski definition) is 5. The highest BCUT2D eigenvalue weighted by atomic mass is 79.9. The largest absolute Gasteiger partial charge is 0.478 e. The third kappa shape index (κ3) is 3.56. The first-order chi connectivity index (χ1) is 9.88. The van der Waals surface area contributed by atoms with Crippen molar-refractivity contribution in [2.24, 2.45) is 0 Å². The first-order valence-electron chi connectivity index (χ1n) is 5.48. The summed E-state index contributed by atoms with van der Waals surface area (Å²) in [6.07, 6.45) is 1.00. The number of hydrogen-bond donors (Lipinski definition) is 2. The maximum absolute atomic E-state index is 11.2. The molecule has 0 spiro atoms. The molecule has 2 rings (SSSR count). The second kappa shape index (κ2) is 6.19. The summed E-state index contributed by atoms with van der Waals surface area (Å²) < 4.78 is 1.53. The summed E-state index contributed by atoms with van der Waals surface area (Å²) in [4.78, 5) is 25.0. The quantitative estimate of drug-likeness (QED) is 0.577. The average molecular weight is 417 g/mol. The molecule has 0 saturated carbocycles. The van der Waals surface area contributed by atoms with Crippen molar-refractivity contribution < 1.29 is 14.8 Å². The van der Waals surface area contributed by atoms with E-state index in [-0.39, 0.29) is 17.1 Å². The maximum atomic E-state index is 11.2. The molecule has 0 aliphatic rings. The topological polar surface area (TPSA) is 105 Å². The molecule has 0 aliphatic carbocycles. The molecule has 2 aromatic rings. The molecule has 0 radical (unpaired) electrons. The summed E-state index contributed by atoms with van der Waals surface area (Å²) in [7, 11) is 0. The van der Waals surface area contributed by atoms with E-state index < -0.39 is 10.9 Å². The number of nitrogens with one attached hydrogen (secondary N) is 1. The number of nitrogens with zero attached hydrogens (tertiary/aromatic N) is 2. The van der Waals surface area contributed by atoms with Crippen molar-refractivity contribution in [1.29, 1.82) is 0 Å². The van der Waals surface area contributed by atoms with Crippen molar-refractivity contribution in [2.75, 3.05) is 5.32 Å². The number of halogens is 2. The van der Waals surface area contributed by atoms with E-state index in [9.17, 15) is 14.9 Å². The number of carbonyl (C=O) groups is 1. The number of pyridine rings is 1. The van der Waals surface area contributed by atoms with Crippen LogP contribution in [0.25, 0.3) is 0 Å². The number of aromatic nitrogens is 1. The number of aromatic carboxylic acids is 1. The molecular formula is C12H7Br2N3O4. The molecule has 0 amide bonds. The van der Waals surface area contributed by atoms with E-state index in [1.54, 1.807) is 18.2 Å². The lowest BCUT2D eigenvalue weighted by molar-refractivity contribution is -0.385. The maximum Gasteiger partial charge on any atom is 0.339 e. The highest BCUT2D eigenvalue weighted by Crippen LogP contribution is 2.30. The standard InChI is InChI=1S/C12H7Br2N3O4/c13-6-1-2-10(9(14)3-6)16-11-8(12(18)19)4-7(5-15-11)17(20)21/h1-5H,(H,15,16)(H,18,19). The minimum atomic E-state index is -1.30. The molecule has 2 N–H and O–H groups in total. The van der Waals surface area contributed by atoms with E-state index in [0.717, 1.165) is 16.7 Å². The third-order valence-corrected chi connectivity index (χ3v) is 3.65. The molecule has 0 fully saturated rings. The Morgan fingerprint density at radius 1 is 1.33 bits per heavy atom. The van der Waals surface area contributed by atoms with Gasteiger partial charge < -0.3 is 10.4 Å². The van der Waals surface area contributed by atoms with Gasteiger partial charge in [-0.1, -0.05) is 15.9 Å². The summed E-state index contributed by atoms with van der Waals surface area (Å²) in [6.45, 7) is 0. The summed E-state index contributed by atoms with van der Waals surface area (Å²) in [6, 6.07) is 6.21. The predicted molar refractivity (Wildman–Crippen MR) is 83.0 cm³/mol. The molecule has 108 valence electrons. The van der Waals surface area contributed by atoms with Crippen LogP contribution in [0.5, 0.6) is 0 Å². The predicted octanol–water partition coefficient (Wildman–Crippen LogP) is 3.96. The van der Waals surface area contributed by atoms with Crippen molar-refractivity contribution in [3.63, 3.8) is 0 Å². The van der Waals surface area contributed by atoms with E-state index in [1.807, 2.05) is 0 Å². The molecular weight excluding hydrogens is 410 g/mol. The second-order valence-electron chi connectivity index (χ2n) is 3.90. The lowest BCUT2D eigenvalue weighted by atomic mass is 10.2. The average Bonchev–Trinajstić information content (AvgIpc) is 2.41. The molecule has 1 aromatic heterocycles. The van der Waals surface area contributed by atoms with Gasteiger partial charge in [-0.15, -0.1) is 0 Å². The lowest BCUT2D eigenvalue weighted by Gasteiger charge is -2.10. The van der Waals surface area contributed by atoms with Crippen LogP contribution in [0.3, 0.4) is 0 Å². The third-order valence-electron chi connectivity index (χ3n) is 2.50. The lowest BCUT2D eigenvalue weighted by Crippen LogP contribution is -2.06. The van der Waals surface area contributed by atoms with Crippen molar-refractivity contribution in [1.82, 2.24) is 4.98 Å². The molecule has 0 bridgehead atoms. The number of carboxylic acids is 1. The SMILES string of the molecule is O=C(O)c1cc([N+](=O)[O-])cnc1Nc1ccc(Br)cc1Br. The zero-order valence-electron chi connectivity index (χ0n) is 10.2. The van der Waals surface area contributed by atoms with Crippen LogP contribution in [0.1, 0.15) is 10.4 Å². The van der Waals surface area contributed by atoms with Gasteiger partial charge in [0.2, 0.25) is 0 Å². The van der Waals surface area contributed by atoms with Gasteiger partial charge in [0.1, 0.15) is 17.6 Å². The van der Waals surface area contributed by atoms with Crippen molar-refractivity contribution in [3.05, 3.63) is 55.1 Å². The molecule has 9 heteroatoms. The Kier molecular flexibility index (Phi) is 4.53. The van der Waals surface area contributed by atoms with E-state index >= 15 is 0 Å². The van der Waals surface area contributed by atoms with Gasteiger partial charge in [-0.25, -0.2) is 9.78 Å². The fourth-order valence-corrected chi connectivity index (χ4v) is 2.68. The monoisotopic (exact) mass is 415 g/mol. The molecule has 0 saturated heterocycles. The molecule has 1 aromatic carbocycles. The molecule has 21 heavy (non-hydrogen) atoms. The van der Waals surface area contributed by atoms with E-state index in [0.29, 0.717) is 10.2 Å². The van der Waals surface area contributed by atoms with E-state index in [4.69, 9.17) is 5.11 Å². The Hall–Kier alpha value is -2.00. The summed E-state index contributed by atoms with van der Waals surface area (Å²) >= 11 is 6.63. The zero-order valence-corrected chi connectivity index (χ0v) is 13.4. The number of anilines is 2. The van der Waals surface area contributed by atoms with Gasteiger partial charge >= 0.3 is 5.97 Å². The highest BCUT2D eigenvalue weighted by Gasteiger charge is 2.18. The van der Waals surface area contributed by atoms with Crippen LogP contribution in [0.15, 0.2) is 39.4 Å². The summed E-state index contributed by atoms with van der Waals surface area (Å²) in [5, 5.41) is 22.7. The van der Waals surface area contributed by atoms with Crippen LogP contribution in [-0.2, 0) is 0 Å². The number of rotatable bonds is 4. The van der Waals surface area contributed by atoms with Crippen LogP contribution < -0.4 is 5.32 Å². The number of nitro groups is 1. The highest BCUT2D eigenvalue weighted by molar-refractivity contribution is 9.11. The Morgan fingerprint density at radius 2 is 2.05 bits per heavy atom. The molecule has 0 atom stereocenters. The van der Waals surface area contributed by atoms with Crippen molar-refractivity contribution in [3.8, 4) is 0 Å². The minimum Gasteiger partial charge on any atom is -0.478 e. The number of carboxylic acid groups (broad SMARTS) is 1. The van der Waals surface area contributed by atoms with Gasteiger partial charge in [0.25, 0.3) is 5.69 Å². The molecule has 0 aliphatic heterocycles. The summed E-state index contributed by atoms with van der Waals surface area (Å²) in [5.74, 6) is -1.28. The molecule has 0 unspecified atom stereocenters. The second-order valence-corrected chi connectivity index (χ2v) is 5.67. The van der Waals surface area contributed by atoms with Gasteiger partial charge in [0.05, 0.1) is 10.6 Å². The Balaban J connectivity index is 2.44. The normalized spacial score (nSPS) is 10.2. The van der Waals surface area contributed by atoms with Crippen molar-refractivity contribution in [2.45, 2.75) is 0 Å². The van der Waals surface area contributed by atoms with Gasteiger partial charge in [0.15, 0.2) is 0 Å². The van der Waals surface area contributed by atoms with Gasteiger partial charge in [-0.05, 0) is 34.1 Å². The number of benzene rings is 1. The Labute approximate surface area is 135 Å². The Morgan fingerprint density at radius 3 is 2.62 bits per heavy atom. The first-order valence-corrected chi connectivity index (χ1v) is 7.07. The smallest absolute Gasteiger partial charge is 0.339 e. The molecule has 1 heterocycles.